The van der Waals surface area contributed by atoms with Crippen LogP contribution >= 0.6 is 0 Å². The van der Waals surface area contributed by atoms with E-state index in [1.165, 1.54) is 21.9 Å². The number of carbonyl (C=O) groups excluding carboxylic acids is 5. The fraction of sp³-hybridized carbons (Fsp3) is 0.500. The van der Waals surface area contributed by atoms with E-state index in [1.807, 2.05) is 0 Å². The number of urea groups is 1. The SMILES string of the molecule is CCCCCCC(=O)Oc1cccc2c1C(=O)N(C1CCC(=O)NC1=O)C(C)N2C(N)=O. The number of anilines is 1. The second kappa shape index (κ2) is 9.80. The number of benzene rings is 1. The van der Waals surface area contributed by atoms with Crippen LogP contribution in [0.4, 0.5) is 10.5 Å². The van der Waals surface area contributed by atoms with Crippen molar-refractivity contribution in [3.63, 3.8) is 0 Å². The van der Waals surface area contributed by atoms with Crippen LogP contribution in [0.15, 0.2) is 18.2 Å². The molecule has 1 fully saturated rings. The maximum Gasteiger partial charge on any atom is 0.320 e. The molecule has 10 nitrogen and oxygen atoms in total. The van der Waals surface area contributed by atoms with Crippen molar-refractivity contribution >= 4 is 35.4 Å². The first-order chi connectivity index (χ1) is 15.3. The summed E-state index contributed by atoms with van der Waals surface area (Å²) in [5, 5.41) is 2.22. The Morgan fingerprint density at radius 3 is 2.59 bits per heavy atom. The fourth-order valence-electron chi connectivity index (χ4n) is 4.17. The number of piperidine rings is 1. The molecule has 3 N–H and O–H groups in total. The first kappa shape index (κ1) is 23.2. The summed E-state index contributed by atoms with van der Waals surface area (Å²) < 4.78 is 5.49. The van der Waals surface area contributed by atoms with Crippen LogP contribution in [0.25, 0.3) is 0 Å². The maximum absolute atomic E-state index is 13.5. The van der Waals surface area contributed by atoms with E-state index in [4.69, 9.17) is 10.5 Å². The minimum Gasteiger partial charge on any atom is -0.426 e. The lowest BCUT2D eigenvalue weighted by Gasteiger charge is -2.45. The predicted molar refractivity (Wildman–Crippen MR) is 115 cm³/mol. The minimum absolute atomic E-state index is 0.00318. The van der Waals surface area contributed by atoms with Gasteiger partial charge in [0.05, 0.1) is 5.69 Å². The van der Waals surface area contributed by atoms with Crippen LogP contribution in [-0.4, -0.2) is 46.8 Å². The van der Waals surface area contributed by atoms with Gasteiger partial charge in [-0.3, -0.25) is 29.4 Å². The third kappa shape index (κ3) is 4.58. The van der Waals surface area contributed by atoms with Crippen molar-refractivity contribution < 1.29 is 28.7 Å². The molecule has 3 rings (SSSR count). The van der Waals surface area contributed by atoms with Gasteiger partial charge in [0.1, 0.15) is 23.5 Å². The summed E-state index contributed by atoms with van der Waals surface area (Å²) in [5.41, 5.74) is 5.78. The molecule has 2 unspecified atom stereocenters. The van der Waals surface area contributed by atoms with Gasteiger partial charge < -0.3 is 15.4 Å². The zero-order chi connectivity index (χ0) is 23.4. The average molecular weight is 444 g/mol. The highest BCUT2D eigenvalue weighted by Gasteiger charge is 2.46. The van der Waals surface area contributed by atoms with Crippen LogP contribution in [0.3, 0.4) is 0 Å². The van der Waals surface area contributed by atoms with Gasteiger partial charge in [-0.2, -0.15) is 0 Å². The highest BCUT2D eigenvalue weighted by Crippen LogP contribution is 2.38. The molecule has 0 aromatic heterocycles. The molecule has 5 amide bonds. The van der Waals surface area contributed by atoms with Gasteiger partial charge in [-0.1, -0.05) is 32.3 Å². The van der Waals surface area contributed by atoms with E-state index in [-0.39, 0.29) is 36.3 Å². The third-order valence-electron chi connectivity index (χ3n) is 5.73. The topological polar surface area (TPSA) is 139 Å². The molecule has 2 aliphatic heterocycles. The number of primary amides is 1. The molecule has 0 spiro atoms. The number of rotatable bonds is 7. The Hall–Kier alpha value is -3.43. The number of fused-ring (bicyclic) bond motifs is 1. The monoisotopic (exact) mass is 444 g/mol. The van der Waals surface area contributed by atoms with Crippen LogP contribution < -0.4 is 20.7 Å². The fourth-order valence-corrected chi connectivity index (χ4v) is 4.17. The Kier molecular flexibility index (Phi) is 7.12. The number of unbranched alkanes of at least 4 members (excludes halogenated alkanes) is 3. The summed E-state index contributed by atoms with van der Waals surface area (Å²) in [6.45, 7) is 3.64. The number of esters is 1. The van der Waals surface area contributed by atoms with Crippen molar-refractivity contribution in [3.8, 4) is 5.75 Å². The molecule has 0 saturated carbocycles. The quantitative estimate of drug-likeness (QED) is 0.286. The van der Waals surface area contributed by atoms with Gasteiger partial charge in [0.25, 0.3) is 5.91 Å². The Labute approximate surface area is 186 Å². The summed E-state index contributed by atoms with van der Waals surface area (Å²) in [4.78, 5) is 64.6. The Morgan fingerprint density at radius 1 is 1.19 bits per heavy atom. The number of carbonyl (C=O) groups is 5. The number of nitrogens with two attached hydrogens (primary N) is 1. The molecule has 2 aliphatic rings. The summed E-state index contributed by atoms with van der Waals surface area (Å²) in [5.74, 6) is -2.11. The number of nitrogens with one attached hydrogen (secondary N) is 1. The molecule has 2 atom stereocenters. The number of amides is 5. The predicted octanol–water partition coefficient (Wildman–Crippen LogP) is 2.05. The van der Waals surface area contributed by atoms with E-state index in [1.54, 1.807) is 13.0 Å². The normalized spacial score (nSPS) is 20.6. The Balaban J connectivity index is 1.94. The smallest absolute Gasteiger partial charge is 0.320 e. The average Bonchev–Trinajstić information content (AvgIpc) is 2.72. The van der Waals surface area contributed by atoms with Gasteiger partial charge in [-0.05, 0) is 31.9 Å². The van der Waals surface area contributed by atoms with Crippen molar-refractivity contribution in [1.29, 1.82) is 0 Å². The zero-order valence-corrected chi connectivity index (χ0v) is 18.3. The second-order valence-corrected chi connectivity index (χ2v) is 7.95. The summed E-state index contributed by atoms with van der Waals surface area (Å²) in [6, 6.07) is 2.78. The highest BCUT2D eigenvalue weighted by molar-refractivity contribution is 6.12. The molecule has 32 heavy (non-hydrogen) atoms. The third-order valence-corrected chi connectivity index (χ3v) is 5.73. The Bertz CT molecular complexity index is 946. The molecular weight excluding hydrogens is 416 g/mol. The van der Waals surface area contributed by atoms with Crippen LogP contribution in [0.2, 0.25) is 0 Å². The molecule has 1 aromatic carbocycles. The largest absolute Gasteiger partial charge is 0.426 e. The zero-order valence-electron chi connectivity index (χ0n) is 18.3. The number of hydrogen-bond acceptors (Lipinski definition) is 6. The van der Waals surface area contributed by atoms with Crippen molar-refractivity contribution in [1.82, 2.24) is 10.2 Å². The minimum atomic E-state index is -0.969. The van der Waals surface area contributed by atoms with E-state index < -0.39 is 41.9 Å². The van der Waals surface area contributed by atoms with Crippen molar-refractivity contribution in [2.24, 2.45) is 5.73 Å². The van der Waals surface area contributed by atoms with Crippen molar-refractivity contribution in [2.45, 2.75) is 71.0 Å². The lowest BCUT2D eigenvalue weighted by atomic mass is 9.98. The number of ether oxygens (including phenoxy) is 1. The second-order valence-electron chi connectivity index (χ2n) is 7.95. The molecule has 1 saturated heterocycles. The van der Waals surface area contributed by atoms with Gasteiger partial charge in [-0.25, -0.2) is 4.79 Å². The summed E-state index contributed by atoms with van der Waals surface area (Å²) >= 11 is 0. The molecule has 2 heterocycles. The van der Waals surface area contributed by atoms with E-state index in [0.717, 1.165) is 19.3 Å². The molecule has 0 aliphatic carbocycles. The van der Waals surface area contributed by atoms with Gasteiger partial charge in [-0.15, -0.1) is 0 Å². The van der Waals surface area contributed by atoms with Crippen LogP contribution in [0.5, 0.6) is 5.75 Å². The van der Waals surface area contributed by atoms with E-state index in [9.17, 15) is 24.0 Å². The van der Waals surface area contributed by atoms with Gasteiger partial charge >= 0.3 is 12.0 Å². The van der Waals surface area contributed by atoms with Gasteiger partial charge in [0, 0.05) is 12.8 Å². The molecule has 0 bridgehead atoms. The molecular formula is C22H28N4O6. The number of imide groups is 1. The molecule has 1 aromatic rings. The standard InChI is InChI=1S/C22H28N4O6/c1-3-4-5-6-10-18(28)32-16-9-7-8-14-19(16)21(30)25(13(2)26(14)22(23)31)15-11-12-17(27)24-20(15)29/h7-9,13,15H,3-6,10-12H2,1-2H3,(H2,23,31)(H,24,27,29). The van der Waals surface area contributed by atoms with Crippen LogP contribution in [-0.2, 0) is 14.4 Å². The first-order valence-electron chi connectivity index (χ1n) is 10.8. The van der Waals surface area contributed by atoms with E-state index >= 15 is 0 Å². The van der Waals surface area contributed by atoms with Crippen LogP contribution in [0, 0.1) is 0 Å². The highest BCUT2D eigenvalue weighted by atomic mass is 16.5. The lowest BCUT2D eigenvalue weighted by Crippen LogP contribution is -2.64. The molecule has 0 radical (unpaired) electrons. The first-order valence-corrected chi connectivity index (χ1v) is 10.8. The number of nitrogens with zero attached hydrogens (tertiary/aromatic N) is 2. The molecule has 10 heteroatoms. The van der Waals surface area contributed by atoms with E-state index in [0.29, 0.717) is 6.42 Å². The van der Waals surface area contributed by atoms with E-state index in [2.05, 4.69) is 12.2 Å². The summed E-state index contributed by atoms with van der Waals surface area (Å²) in [6.07, 6.45) is 3.11. The maximum atomic E-state index is 13.5. The Morgan fingerprint density at radius 2 is 1.94 bits per heavy atom. The van der Waals surface area contributed by atoms with Crippen molar-refractivity contribution in [2.75, 3.05) is 4.90 Å². The summed E-state index contributed by atoms with van der Waals surface area (Å²) in [7, 11) is 0. The van der Waals surface area contributed by atoms with Crippen molar-refractivity contribution in [3.05, 3.63) is 23.8 Å². The molecule has 172 valence electrons. The van der Waals surface area contributed by atoms with Gasteiger partial charge in [0.15, 0.2) is 0 Å². The number of hydrogen-bond donors (Lipinski definition) is 2. The van der Waals surface area contributed by atoms with Crippen LogP contribution in [0.1, 0.15) is 69.2 Å². The lowest BCUT2D eigenvalue weighted by molar-refractivity contribution is -0.138. The van der Waals surface area contributed by atoms with Gasteiger partial charge in [0.2, 0.25) is 11.8 Å².